The molecule has 11 nitrogen and oxygen atoms in total. The van der Waals surface area contributed by atoms with Gasteiger partial charge in [0, 0.05) is 22.5 Å². The van der Waals surface area contributed by atoms with Gasteiger partial charge in [-0.05, 0) is 61.5 Å². The van der Waals surface area contributed by atoms with Gasteiger partial charge in [-0.1, -0.05) is 18.2 Å². The second kappa shape index (κ2) is 11.5. The third kappa shape index (κ3) is 6.11. The maximum atomic E-state index is 13.1. The number of methoxy groups -OCH3 is 1. The van der Waals surface area contributed by atoms with E-state index < -0.39 is 15.9 Å². The summed E-state index contributed by atoms with van der Waals surface area (Å²) in [5.41, 5.74) is 3.83. The molecule has 5 rings (SSSR count). The van der Waals surface area contributed by atoms with Crippen LogP contribution < -0.4 is 24.8 Å². The number of anilines is 4. The number of hydrogen-bond donors (Lipinski definition) is 3. The van der Waals surface area contributed by atoms with E-state index in [-0.39, 0.29) is 11.3 Å². The lowest BCUT2D eigenvalue weighted by molar-refractivity contribution is 0.102. The topological polar surface area (TPSA) is 147 Å². The molecule has 42 heavy (non-hydrogen) atoms. The van der Waals surface area contributed by atoms with Gasteiger partial charge in [-0.25, -0.2) is 12.9 Å². The van der Waals surface area contributed by atoms with Crippen LogP contribution >= 0.6 is 0 Å². The van der Waals surface area contributed by atoms with Gasteiger partial charge in [-0.2, -0.15) is 10.4 Å². The molecule has 3 aromatic carbocycles. The third-order valence-electron chi connectivity index (χ3n) is 6.27. The van der Waals surface area contributed by atoms with E-state index in [0.717, 1.165) is 6.26 Å². The summed E-state index contributed by atoms with van der Waals surface area (Å²) >= 11 is 0. The smallest absolute Gasteiger partial charge is 0.255 e. The molecule has 0 fully saturated rings. The first-order valence-corrected chi connectivity index (χ1v) is 14.5. The first-order chi connectivity index (χ1) is 20.1. The molecule has 0 atom stereocenters. The van der Waals surface area contributed by atoms with Crippen molar-refractivity contribution in [3.05, 3.63) is 102 Å². The van der Waals surface area contributed by atoms with Gasteiger partial charge in [0.2, 0.25) is 10.0 Å². The highest BCUT2D eigenvalue weighted by atomic mass is 32.2. The van der Waals surface area contributed by atoms with Crippen molar-refractivity contribution in [3.8, 4) is 23.3 Å². The minimum absolute atomic E-state index is 0.262. The molecule has 3 N–H and O–H groups in total. The van der Waals surface area contributed by atoms with Crippen molar-refractivity contribution in [2.75, 3.05) is 28.7 Å². The van der Waals surface area contributed by atoms with Gasteiger partial charge in [0.05, 0.1) is 48.2 Å². The number of aryl methyl sites for hydroxylation is 1. The van der Waals surface area contributed by atoms with Gasteiger partial charge in [0.15, 0.2) is 11.5 Å². The number of carbonyl (C=O) groups is 1. The summed E-state index contributed by atoms with van der Waals surface area (Å²) in [5.74, 6) is 1.36. The largest absolute Gasteiger partial charge is 0.493 e. The summed E-state index contributed by atoms with van der Waals surface area (Å²) in [6.07, 6.45) is 4.13. The fraction of sp³-hybridized carbons (Fsp3) is 0.100. The van der Waals surface area contributed by atoms with E-state index >= 15 is 0 Å². The zero-order valence-corrected chi connectivity index (χ0v) is 23.7. The van der Waals surface area contributed by atoms with Crippen molar-refractivity contribution >= 4 is 44.2 Å². The average Bonchev–Trinajstić information content (AvgIpc) is 3.28. The SMILES string of the molecule is COc1ccccc1Oc1ccc(Nc2c(C#N)cnn3cc(NC(=O)c4cccc(NS(C)(=O)=O)c4)c(C)c23)cc1. The number of ether oxygens (including phenoxy) is 2. The third-order valence-corrected chi connectivity index (χ3v) is 6.88. The van der Waals surface area contributed by atoms with E-state index in [1.807, 2.05) is 43.3 Å². The average molecular weight is 583 g/mol. The Kier molecular flexibility index (Phi) is 7.68. The highest BCUT2D eigenvalue weighted by molar-refractivity contribution is 7.92. The number of fused-ring (bicyclic) bond motifs is 1. The number of aromatic nitrogens is 2. The van der Waals surface area contributed by atoms with Crippen LogP contribution in [0.3, 0.4) is 0 Å². The number of carbonyl (C=O) groups excluding carboxylic acids is 1. The van der Waals surface area contributed by atoms with Crippen LogP contribution in [-0.4, -0.2) is 37.3 Å². The number of nitriles is 1. The lowest BCUT2D eigenvalue weighted by atomic mass is 10.1. The number of nitrogens with zero attached hydrogens (tertiary/aromatic N) is 3. The van der Waals surface area contributed by atoms with Crippen LogP contribution in [0.2, 0.25) is 0 Å². The molecule has 0 unspecified atom stereocenters. The Bertz CT molecular complexity index is 1950. The Morgan fingerprint density at radius 2 is 1.74 bits per heavy atom. The molecule has 2 heterocycles. The highest BCUT2D eigenvalue weighted by Gasteiger charge is 2.18. The molecular formula is C30H26N6O5S. The van der Waals surface area contributed by atoms with E-state index in [1.54, 1.807) is 48.2 Å². The summed E-state index contributed by atoms with van der Waals surface area (Å²) in [4.78, 5) is 13.1. The van der Waals surface area contributed by atoms with Crippen molar-refractivity contribution < 1.29 is 22.7 Å². The molecule has 0 spiro atoms. The van der Waals surface area contributed by atoms with Gasteiger partial charge in [-0.15, -0.1) is 0 Å². The van der Waals surface area contributed by atoms with Gasteiger partial charge in [0.1, 0.15) is 11.8 Å². The van der Waals surface area contributed by atoms with Gasteiger partial charge < -0.3 is 20.1 Å². The van der Waals surface area contributed by atoms with E-state index in [1.165, 1.54) is 12.3 Å². The molecule has 0 bridgehead atoms. The normalized spacial score (nSPS) is 11.0. The minimum atomic E-state index is -3.50. The standard InChI is InChI=1S/C30H26N6O5S/c1-19-25(34-30(37)20-7-6-8-23(15-20)35-42(3,38)39)18-36-29(19)28(21(16-31)17-32-36)33-22-11-13-24(14-12-22)41-27-10-5-4-9-26(27)40-2/h4-15,17-18,33,35H,1-3H3,(H,34,37). The number of sulfonamides is 1. The number of benzene rings is 3. The second-order valence-corrected chi connectivity index (χ2v) is 11.1. The van der Waals surface area contributed by atoms with Crippen LogP contribution in [0.5, 0.6) is 17.2 Å². The monoisotopic (exact) mass is 582 g/mol. The van der Waals surface area contributed by atoms with E-state index in [9.17, 15) is 18.5 Å². The second-order valence-electron chi connectivity index (χ2n) is 9.32. The summed E-state index contributed by atoms with van der Waals surface area (Å²) in [7, 11) is -1.92. The van der Waals surface area contributed by atoms with Gasteiger partial charge >= 0.3 is 0 Å². The van der Waals surface area contributed by atoms with Crippen molar-refractivity contribution in [3.63, 3.8) is 0 Å². The zero-order chi connectivity index (χ0) is 29.9. The predicted octanol–water partition coefficient (Wildman–Crippen LogP) is 5.68. The predicted molar refractivity (Wildman–Crippen MR) is 160 cm³/mol. The number of rotatable bonds is 9. The molecule has 12 heteroatoms. The molecule has 1 amide bonds. The Balaban J connectivity index is 1.41. The summed E-state index contributed by atoms with van der Waals surface area (Å²) in [6, 6.07) is 22.9. The fourth-order valence-electron chi connectivity index (χ4n) is 4.34. The highest BCUT2D eigenvalue weighted by Crippen LogP contribution is 2.34. The van der Waals surface area contributed by atoms with Crippen LogP contribution in [0.25, 0.3) is 5.52 Å². The molecule has 0 saturated heterocycles. The minimum Gasteiger partial charge on any atom is -0.493 e. The van der Waals surface area contributed by atoms with Crippen molar-refractivity contribution in [1.82, 2.24) is 9.61 Å². The molecule has 0 aliphatic rings. The number of amides is 1. The van der Waals surface area contributed by atoms with E-state index in [4.69, 9.17) is 9.47 Å². The van der Waals surface area contributed by atoms with Crippen molar-refractivity contribution in [2.45, 2.75) is 6.92 Å². The molecule has 212 valence electrons. The molecule has 0 radical (unpaired) electrons. The van der Waals surface area contributed by atoms with Crippen LogP contribution in [0.15, 0.2) is 85.2 Å². The maximum Gasteiger partial charge on any atom is 0.255 e. The maximum absolute atomic E-state index is 13.1. The Morgan fingerprint density at radius 1 is 1.00 bits per heavy atom. The first kappa shape index (κ1) is 28.0. The summed E-state index contributed by atoms with van der Waals surface area (Å²) < 4.78 is 38.4. The molecule has 5 aromatic rings. The first-order valence-electron chi connectivity index (χ1n) is 12.6. The molecule has 0 saturated carbocycles. The van der Waals surface area contributed by atoms with Crippen LogP contribution in [0.4, 0.5) is 22.7 Å². The fourth-order valence-corrected chi connectivity index (χ4v) is 4.89. The number of para-hydroxylation sites is 2. The van der Waals surface area contributed by atoms with Crippen LogP contribution in [-0.2, 0) is 10.0 Å². The molecule has 0 aliphatic heterocycles. The molecule has 2 aromatic heterocycles. The van der Waals surface area contributed by atoms with Gasteiger partial charge in [-0.3, -0.25) is 9.52 Å². The zero-order valence-electron chi connectivity index (χ0n) is 22.9. The summed E-state index contributed by atoms with van der Waals surface area (Å²) in [6.45, 7) is 1.81. The Morgan fingerprint density at radius 3 is 2.43 bits per heavy atom. The summed E-state index contributed by atoms with van der Waals surface area (Å²) in [5, 5.41) is 20.3. The molecule has 0 aliphatic carbocycles. The van der Waals surface area contributed by atoms with Gasteiger partial charge in [0.25, 0.3) is 5.91 Å². The lowest BCUT2D eigenvalue weighted by Crippen LogP contribution is -2.14. The Hall–Kier alpha value is -5.54. The van der Waals surface area contributed by atoms with E-state index in [2.05, 4.69) is 26.5 Å². The van der Waals surface area contributed by atoms with Crippen molar-refractivity contribution in [2.24, 2.45) is 0 Å². The van der Waals surface area contributed by atoms with E-state index in [0.29, 0.717) is 51.0 Å². The number of nitrogens with one attached hydrogen (secondary N) is 3. The quantitative estimate of drug-likeness (QED) is 0.201. The van der Waals surface area contributed by atoms with Crippen LogP contribution in [0, 0.1) is 18.3 Å². The number of hydrogen-bond acceptors (Lipinski definition) is 8. The van der Waals surface area contributed by atoms with Crippen LogP contribution in [0.1, 0.15) is 21.5 Å². The Labute approximate surface area is 242 Å². The lowest BCUT2D eigenvalue weighted by Gasteiger charge is -2.13. The van der Waals surface area contributed by atoms with Crippen molar-refractivity contribution in [1.29, 1.82) is 5.26 Å². The molecular weight excluding hydrogens is 556 g/mol.